The van der Waals surface area contributed by atoms with Crippen LogP contribution >= 0.6 is 12.2 Å². The van der Waals surface area contributed by atoms with Crippen molar-refractivity contribution < 1.29 is 14.6 Å². The zero-order valence-corrected chi connectivity index (χ0v) is 8.64. The van der Waals surface area contributed by atoms with E-state index in [-0.39, 0.29) is 5.56 Å². The summed E-state index contributed by atoms with van der Waals surface area (Å²) < 4.78 is 5.51. The van der Waals surface area contributed by atoms with Gasteiger partial charge in [-0.05, 0) is 24.4 Å². The molecule has 0 bridgehead atoms. The molecular weight excluding hydrogens is 216 g/mol. The molecule has 0 aliphatic rings. The average molecular weight is 224 g/mol. The van der Waals surface area contributed by atoms with Crippen LogP contribution in [0.2, 0.25) is 0 Å². The number of imidazole rings is 1. The highest BCUT2D eigenvalue weighted by molar-refractivity contribution is 7.71. The van der Waals surface area contributed by atoms with Gasteiger partial charge in [-0.1, -0.05) is 0 Å². The summed E-state index contributed by atoms with van der Waals surface area (Å²) in [5.74, 6) is -0.548. The van der Waals surface area contributed by atoms with Crippen molar-refractivity contribution in [2.45, 2.75) is 0 Å². The van der Waals surface area contributed by atoms with Crippen molar-refractivity contribution in [3.8, 4) is 5.75 Å². The number of hydrogen-bond donors (Lipinski definition) is 3. The quantitative estimate of drug-likeness (QED) is 0.681. The minimum Gasteiger partial charge on any atom is -0.494 e. The number of hydrogen-bond acceptors (Lipinski definition) is 3. The largest absolute Gasteiger partial charge is 0.494 e. The van der Waals surface area contributed by atoms with E-state index < -0.39 is 5.97 Å². The second kappa shape index (κ2) is 3.39. The molecule has 78 valence electrons. The van der Waals surface area contributed by atoms with Crippen LogP contribution in [0.3, 0.4) is 0 Å². The Kier molecular flexibility index (Phi) is 2.20. The van der Waals surface area contributed by atoms with E-state index in [4.69, 9.17) is 22.1 Å². The average Bonchev–Trinajstić information content (AvgIpc) is 2.56. The highest BCUT2D eigenvalue weighted by Gasteiger charge is 2.10. The first-order valence-electron chi connectivity index (χ1n) is 4.15. The van der Waals surface area contributed by atoms with E-state index >= 15 is 0 Å². The second-order valence-electron chi connectivity index (χ2n) is 2.99. The summed E-state index contributed by atoms with van der Waals surface area (Å²) in [6, 6.07) is 2.95. The molecule has 0 amide bonds. The van der Waals surface area contributed by atoms with Gasteiger partial charge in [-0.2, -0.15) is 0 Å². The van der Waals surface area contributed by atoms with Crippen molar-refractivity contribution >= 4 is 29.2 Å². The molecule has 6 heteroatoms. The Hall–Kier alpha value is -1.82. The number of H-pyrrole nitrogens is 2. The Labute approximate surface area is 89.7 Å². The standard InChI is InChI=1S/C9H8N2O3S/c1-14-6-3-4(8(12)13)2-5-7(6)11-9(15)10-5/h2-3H,1H3,(H,12,13)(H2,10,11,15). The van der Waals surface area contributed by atoms with Crippen LogP contribution < -0.4 is 4.74 Å². The SMILES string of the molecule is COc1cc(C(=O)O)cc2[nH]c(=S)[nH]c12. The molecule has 1 heterocycles. The predicted octanol–water partition coefficient (Wildman–Crippen LogP) is 1.93. The minimum atomic E-state index is -1.00. The summed E-state index contributed by atoms with van der Waals surface area (Å²) in [6.07, 6.45) is 0. The van der Waals surface area contributed by atoms with Crippen molar-refractivity contribution in [3.63, 3.8) is 0 Å². The summed E-state index contributed by atoms with van der Waals surface area (Å²) >= 11 is 4.92. The first-order valence-corrected chi connectivity index (χ1v) is 4.56. The molecule has 0 aliphatic carbocycles. The van der Waals surface area contributed by atoms with Gasteiger partial charge in [-0.25, -0.2) is 4.79 Å². The van der Waals surface area contributed by atoms with Crippen LogP contribution in [0.25, 0.3) is 11.0 Å². The summed E-state index contributed by atoms with van der Waals surface area (Å²) in [5, 5.41) is 8.87. The number of aromatic nitrogens is 2. The monoisotopic (exact) mass is 224 g/mol. The number of aromatic carboxylic acids is 1. The number of methoxy groups -OCH3 is 1. The van der Waals surface area contributed by atoms with Gasteiger partial charge in [0.25, 0.3) is 0 Å². The number of nitrogens with one attached hydrogen (secondary N) is 2. The van der Waals surface area contributed by atoms with Crippen molar-refractivity contribution in [1.82, 2.24) is 9.97 Å². The fourth-order valence-electron chi connectivity index (χ4n) is 1.39. The molecule has 3 N–H and O–H groups in total. The second-order valence-corrected chi connectivity index (χ2v) is 3.39. The third kappa shape index (κ3) is 1.59. The minimum absolute atomic E-state index is 0.157. The van der Waals surface area contributed by atoms with Crippen LogP contribution in [-0.4, -0.2) is 28.2 Å². The van der Waals surface area contributed by atoms with E-state index in [2.05, 4.69) is 9.97 Å². The third-order valence-electron chi connectivity index (χ3n) is 2.06. The molecule has 0 radical (unpaired) electrons. The number of aromatic amines is 2. The van der Waals surface area contributed by atoms with E-state index in [9.17, 15) is 4.79 Å². The van der Waals surface area contributed by atoms with Crippen LogP contribution in [0.5, 0.6) is 5.75 Å². The highest BCUT2D eigenvalue weighted by atomic mass is 32.1. The topological polar surface area (TPSA) is 78.1 Å². The van der Waals surface area contributed by atoms with Gasteiger partial charge in [0.05, 0.1) is 18.2 Å². The summed E-state index contributed by atoms with van der Waals surface area (Å²) in [5.41, 5.74) is 1.45. The Balaban J connectivity index is 2.81. The number of rotatable bonds is 2. The molecule has 2 rings (SSSR count). The zero-order valence-electron chi connectivity index (χ0n) is 7.83. The lowest BCUT2D eigenvalue weighted by molar-refractivity contribution is 0.0696. The number of carboxylic acid groups (broad SMARTS) is 1. The van der Waals surface area contributed by atoms with Crippen molar-refractivity contribution in [2.24, 2.45) is 0 Å². The Morgan fingerprint density at radius 1 is 1.47 bits per heavy atom. The number of benzene rings is 1. The number of fused-ring (bicyclic) bond motifs is 1. The molecule has 1 aromatic heterocycles. The van der Waals surface area contributed by atoms with Crippen LogP contribution in [0.4, 0.5) is 0 Å². The maximum Gasteiger partial charge on any atom is 0.335 e. The zero-order chi connectivity index (χ0) is 11.0. The molecular formula is C9H8N2O3S. The number of ether oxygens (including phenoxy) is 1. The van der Waals surface area contributed by atoms with Gasteiger partial charge in [0.2, 0.25) is 0 Å². The van der Waals surface area contributed by atoms with Gasteiger partial charge < -0.3 is 19.8 Å². The summed E-state index contributed by atoms with van der Waals surface area (Å²) in [7, 11) is 1.48. The maximum atomic E-state index is 10.8. The predicted molar refractivity (Wildman–Crippen MR) is 57.0 cm³/mol. The highest BCUT2D eigenvalue weighted by Crippen LogP contribution is 2.24. The van der Waals surface area contributed by atoms with E-state index in [0.29, 0.717) is 21.6 Å². The van der Waals surface area contributed by atoms with Crippen LogP contribution in [-0.2, 0) is 0 Å². The number of carbonyl (C=O) groups is 1. The van der Waals surface area contributed by atoms with E-state index in [0.717, 1.165) is 0 Å². The molecule has 0 atom stereocenters. The Morgan fingerprint density at radius 3 is 2.80 bits per heavy atom. The Bertz CT molecular complexity index is 585. The molecule has 0 spiro atoms. The van der Waals surface area contributed by atoms with Gasteiger partial charge in [-0.3, -0.25) is 0 Å². The van der Waals surface area contributed by atoms with Gasteiger partial charge in [0.1, 0.15) is 11.3 Å². The molecule has 5 nitrogen and oxygen atoms in total. The van der Waals surface area contributed by atoms with Gasteiger partial charge in [0, 0.05) is 0 Å². The smallest absolute Gasteiger partial charge is 0.335 e. The van der Waals surface area contributed by atoms with Crippen LogP contribution in [0, 0.1) is 4.77 Å². The molecule has 15 heavy (non-hydrogen) atoms. The molecule has 0 saturated carbocycles. The van der Waals surface area contributed by atoms with E-state index in [1.807, 2.05) is 0 Å². The summed E-state index contributed by atoms with van der Waals surface area (Å²) in [4.78, 5) is 16.5. The van der Waals surface area contributed by atoms with Crippen LogP contribution in [0.15, 0.2) is 12.1 Å². The summed E-state index contributed by atoms with van der Waals surface area (Å²) in [6.45, 7) is 0. The molecule has 0 aliphatic heterocycles. The molecule has 0 fully saturated rings. The lowest BCUT2D eigenvalue weighted by Gasteiger charge is -2.02. The molecule has 1 aromatic carbocycles. The number of carboxylic acids is 1. The van der Waals surface area contributed by atoms with Crippen LogP contribution in [0.1, 0.15) is 10.4 Å². The maximum absolute atomic E-state index is 10.8. The van der Waals surface area contributed by atoms with Gasteiger partial charge in [0.15, 0.2) is 4.77 Å². The third-order valence-corrected chi connectivity index (χ3v) is 2.26. The fourth-order valence-corrected chi connectivity index (χ4v) is 1.61. The van der Waals surface area contributed by atoms with Gasteiger partial charge >= 0.3 is 5.97 Å². The van der Waals surface area contributed by atoms with Crippen molar-refractivity contribution in [1.29, 1.82) is 0 Å². The van der Waals surface area contributed by atoms with Crippen molar-refractivity contribution in [3.05, 3.63) is 22.5 Å². The first-order chi connectivity index (χ1) is 7.11. The lowest BCUT2D eigenvalue weighted by Crippen LogP contribution is -1.97. The Morgan fingerprint density at radius 2 is 2.20 bits per heavy atom. The molecule has 0 saturated heterocycles. The first kappa shape index (κ1) is 9.72. The molecule has 0 unspecified atom stereocenters. The lowest BCUT2D eigenvalue weighted by atomic mass is 10.2. The fraction of sp³-hybridized carbons (Fsp3) is 0.111. The van der Waals surface area contributed by atoms with E-state index in [1.165, 1.54) is 19.2 Å². The molecule has 2 aromatic rings. The van der Waals surface area contributed by atoms with Crippen molar-refractivity contribution in [2.75, 3.05) is 7.11 Å². The van der Waals surface area contributed by atoms with E-state index in [1.54, 1.807) is 0 Å². The van der Waals surface area contributed by atoms with Gasteiger partial charge in [-0.15, -0.1) is 0 Å². The normalized spacial score (nSPS) is 10.5.